The Balaban J connectivity index is 2.38. The molecular formula is C11H12ClN5O. The molecule has 6 nitrogen and oxygen atoms in total. The highest BCUT2D eigenvalue weighted by Gasteiger charge is 2.13. The summed E-state index contributed by atoms with van der Waals surface area (Å²) in [5, 5.41) is 14.2. The van der Waals surface area contributed by atoms with Crippen molar-refractivity contribution >= 4 is 17.5 Å². The topological polar surface area (TPSA) is 72.7 Å². The number of halogens is 1. The number of aromatic nitrogens is 4. The molecule has 0 spiro atoms. The van der Waals surface area contributed by atoms with Crippen molar-refractivity contribution < 1.29 is 4.79 Å². The smallest absolute Gasteiger partial charge is 0.253 e. The highest BCUT2D eigenvalue weighted by atomic mass is 35.5. The maximum Gasteiger partial charge on any atom is 0.253 e. The highest BCUT2D eigenvalue weighted by molar-refractivity contribution is 6.31. The summed E-state index contributed by atoms with van der Waals surface area (Å²) < 4.78 is 1.43. The second kappa shape index (κ2) is 5.59. The summed E-state index contributed by atoms with van der Waals surface area (Å²) in [6, 6.07) is 5.00. The van der Waals surface area contributed by atoms with Gasteiger partial charge in [0, 0.05) is 11.6 Å². The van der Waals surface area contributed by atoms with E-state index in [9.17, 15) is 4.79 Å². The Morgan fingerprint density at radius 3 is 3.00 bits per heavy atom. The van der Waals surface area contributed by atoms with Crippen LogP contribution in [0.15, 0.2) is 24.5 Å². The van der Waals surface area contributed by atoms with Gasteiger partial charge in [0.15, 0.2) is 0 Å². The Bertz CT molecular complexity index is 540. The largest absolute Gasteiger partial charge is 0.352 e. The molecule has 2 aromatic rings. The van der Waals surface area contributed by atoms with E-state index in [1.54, 1.807) is 18.2 Å². The average Bonchev–Trinajstić information content (AvgIpc) is 2.89. The van der Waals surface area contributed by atoms with Gasteiger partial charge in [-0.1, -0.05) is 18.5 Å². The summed E-state index contributed by atoms with van der Waals surface area (Å²) in [7, 11) is 0. The van der Waals surface area contributed by atoms with Gasteiger partial charge in [-0.25, -0.2) is 0 Å². The predicted octanol–water partition coefficient (Wildman–Crippen LogP) is 1.46. The molecule has 0 unspecified atom stereocenters. The molecule has 0 aliphatic carbocycles. The van der Waals surface area contributed by atoms with Gasteiger partial charge >= 0.3 is 0 Å². The summed E-state index contributed by atoms with van der Waals surface area (Å²) in [4.78, 5) is 12.0. The molecule has 1 amide bonds. The molecule has 0 aliphatic heterocycles. The standard InChI is InChI=1S/C11H12ClN5O/c1-2-5-13-11(18)9-6-8(12)3-4-10(9)17-7-14-15-16-17/h3-4,6-7H,2,5H2,1H3,(H,13,18). The molecule has 7 heteroatoms. The molecule has 0 saturated heterocycles. The molecule has 1 aromatic carbocycles. The molecule has 1 heterocycles. The second-order valence-electron chi connectivity index (χ2n) is 3.67. The van der Waals surface area contributed by atoms with E-state index < -0.39 is 0 Å². The number of hydrogen-bond donors (Lipinski definition) is 1. The fourth-order valence-corrected chi connectivity index (χ4v) is 1.67. The van der Waals surface area contributed by atoms with Gasteiger partial charge in [-0.2, -0.15) is 4.68 Å². The summed E-state index contributed by atoms with van der Waals surface area (Å²) in [6.45, 7) is 2.60. The number of amides is 1. The van der Waals surface area contributed by atoms with Crippen molar-refractivity contribution in [2.24, 2.45) is 0 Å². The van der Waals surface area contributed by atoms with Gasteiger partial charge in [0.1, 0.15) is 6.33 Å². The lowest BCUT2D eigenvalue weighted by molar-refractivity contribution is 0.0953. The molecule has 94 valence electrons. The summed E-state index contributed by atoms with van der Waals surface area (Å²) in [5.41, 5.74) is 1.04. The van der Waals surface area contributed by atoms with Gasteiger partial charge in [-0.15, -0.1) is 5.10 Å². The maximum absolute atomic E-state index is 12.0. The van der Waals surface area contributed by atoms with Crippen molar-refractivity contribution in [3.05, 3.63) is 35.1 Å². The predicted molar refractivity (Wildman–Crippen MR) is 66.8 cm³/mol. The first-order valence-electron chi connectivity index (χ1n) is 5.53. The summed E-state index contributed by atoms with van der Waals surface area (Å²) in [6.07, 6.45) is 2.30. The van der Waals surface area contributed by atoms with Crippen molar-refractivity contribution in [2.45, 2.75) is 13.3 Å². The first kappa shape index (κ1) is 12.5. The van der Waals surface area contributed by atoms with Crippen molar-refractivity contribution in [2.75, 3.05) is 6.54 Å². The van der Waals surface area contributed by atoms with E-state index in [1.165, 1.54) is 11.0 Å². The van der Waals surface area contributed by atoms with Crippen LogP contribution in [0.1, 0.15) is 23.7 Å². The third-order valence-electron chi connectivity index (χ3n) is 2.33. The molecular weight excluding hydrogens is 254 g/mol. The van der Waals surface area contributed by atoms with Crippen LogP contribution in [-0.4, -0.2) is 32.7 Å². The summed E-state index contributed by atoms with van der Waals surface area (Å²) in [5.74, 6) is -0.190. The van der Waals surface area contributed by atoms with Crippen LogP contribution in [-0.2, 0) is 0 Å². The van der Waals surface area contributed by atoms with Crippen molar-refractivity contribution in [1.82, 2.24) is 25.5 Å². The molecule has 18 heavy (non-hydrogen) atoms. The lowest BCUT2D eigenvalue weighted by Crippen LogP contribution is -2.25. The van der Waals surface area contributed by atoms with E-state index in [0.717, 1.165) is 6.42 Å². The zero-order valence-electron chi connectivity index (χ0n) is 9.80. The van der Waals surface area contributed by atoms with Crippen molar-refractivity contribution in [3.8, 4) is 5.69 Å². The number of rotatable bonds is 4. The van der Waals surface area contributed by atoms with Crippen LogP contribution in [0.4, 0.5) is 0 Å². The van der Waals surface area contributed by atoms with Gasteiger partial charge < -0.3 is 5.32 Å². The molecule has 1 aromatic heterocycles. The minimum absolute atomic E-state index is 0.190. The van der Waals surface area contributed by atoms with Crippen molar-refractivity contribution in [3.63, 3.8) is 0 Å². The first-order valence-corrected chi connectivity index (χ1v) is 5.91. The Kier molecular flexibility index (Phi) is 3.88. The molecule has 0 bridgehead atoms. The second-order valence-corrected chi connectivity index (χ2v) is 4.11. The van der Waals surface area contributed by atoms with Crippen LogP contribution < -0.4 is 5.32 Å². The van der Waals surface area contributed by atoms with E-state index in [0.29, 0.717) is 22.8 Å². The van der Waals surface area contributed by atoms with Gasteiger partial charge in [-0.3, -0.25) is 4.79 Å². The Morgan fingerprint density at radius 1 is 1.50 bits per heavy atom. The molecule has 1 N–H and O–H groups in total. The lowest BCUT2D eigenvalue weighted by atomic mass is 10.1. The maximum atomic E-state index is 12.0. The molecule has 0 saturated carbocycles. The zero-order chi connectivity index (χ0) is 13.0. The highest BCUT2D eigenvalue weighted by Crippen LogP contribution is 2.18. The van der Waals surface area contributed by atoms with E-state index in [-0.39, 0.29) is 5.91 Å². The molecule has 0 atom stereocenters. The third-order valence-corrected chi connectivity index (χ3v) is 2.57. The van der Waals surface area contributed by atoms with Crippen LogP contribution in [0.25, 0.3) is 5.69 Å². The SMILES string of the molecule is CCCNC(=O)c1cc(Cl)ccc1-n1cnnn1. The Morgan fingerprint density at radius 2 is 2.33 bits per heavy atom. The van der Waals surface area contributed by atoms with Crippen molar-refractivity contribution in [1.29, 1.82) is 0 Å². The Labute approximate surface area is 109 Å². The number of tetrazole rings is 1. The van der Waals surface area contributed by atoms with E-state index in [1.807, 2.05) is 6.92 Å². The fraction of sp³-hybridized carbons (Fsp3) is 0.273. The van der Waals surface area contributed by atoms with Crippen LogP contribution in [0.2, 0.25) is 5.02 Å². The zero-order valence-corrected chi connectivity index (χ0v) is 10.6. The van der Waals surface area contributed by atoms with E-state index in [2.05, 4.69) is 20.8 Å². The van der Waals surface area contributed by atoms with Gasteiger partial charge in [0.05, 0.1) is 11.3 Å². The van der Waals surface area contributed by atoms with E-state index in [4.69, 9.17) is 11.6 Å². The minimum Gasteiger partial charge on any atom is -0.352 e. The fourth-order valence-electron chi connectivity index (χ4n) is 1.50. The van der Waals surface area contributed by atoms with Gasteiger partial charge in [-0.05, 0) is 35.0 Å². The number of hydrogen-bond acceptors (Lipinski definition) is 4. The van der Waals surface area contributed by atoms with Crippen LogP contribution in [0.3, 0.4) is 0 Å². The molecule has 0 radical (unpaired) electrons. The normalized spacial score (nSPS) is 10.3. The lowest BCUT2D eigenvalue weighted by Gasteiger charge is -2.09. The third kappa shape index (κ3) is 2.65. The number of nitrogens with zero attached hydrogens (tertiary/aromatic N) is 4. The number of carbonyl (C=O) groups is 1. The monoisotopic (exact) mass is 265 g/mol. The number of carbonyl (C=O) groups excluding carboxylic acids is 1. The van der Waals surface area contributed by atoms with Crippen LogP contribution in [0.5, 0.6) is 0 Å². The number of nitrogens with one attached hydrogen (secondary N) is 1. The van der Waals surface area contributed by atoms with E-state index >= 15 is 0 Å². The molecule has 2 rings (SSSR count). The van der Waals surface area contributed by atoms with Gasteiger partial charge in [0.2, 0.25) is 0 Å². The van der Waals surface area contributed by atoms with Crippen LogP contribution in [0, 0.1) is 0 Å². The minimum atomic E-state index is -0.190. The number of benzene rings is 1. The first-order chi connectivity index (χ1) is 8.72. The van der Waals surface area contributed by atoms with Crippen LogP contribution >= 0.6 is 11.6 Å². The summed E-state index contributed by atoms with van der Waals surface area (Å²) >= 11 is 5.92. The molecule has 0 aliphatic rings. The Hall–Kier alpha value is -1.95. The van der Waals surface area contributed by atoms with Gasteiger partial charge in [0.25, 0.3) is 5.91 Å². The molecule has 0 fully saturated rings. The quantitative estimate of drug-likeness (QED) is 0.908. The average molecular weight is 266 g/mol.